The predicted molar refractivity (Wildman–Crippen MR) is 97.1 cm³/mol. The summed E-state index contributed by atoms with van der Waals surface area (Å²) in [4.78, 5) is 36.8. The van der Waals surface area contributed by atoms with Crippen LogP contribution in [-0.4, -0.2) is 70.6 Å². The maximum absolute atomic E-state index is 12.8. The maximum atomic E-state index is 12.8. The van der Waals surface area contributed by atoms with Gasteiger partial charge in [-0.05, 0) is 32.8 Å². The fourth-order valence-electron chi connectivity index (χ4n) is 3.46. The zero-order valence-corrected chi connectivity index (χ0v) is 15.5. The Kier molecular flexibility index (Phi) is 5.90. The number of piperazine rings is 1. The molecule has 1 aromatic rings. The van der Waals surface area contributed by atoms with Crippen molar-refractivity contribution < 1.29 is 14.3 Å². The van der Waals surface area contributed by atoms with Gasteiger partial charge in [-0.3, -0.25) is 4.79 Å². The number of ether oxygens (including phenoxy) is 1. The molecule has 2 fully saturated rings. The Hall–Kier alpha value is -2.38. The van der Waals surface area contributed by atoms with Crippen LogP contribution < -0.4 is 5.32 Å². The molecule has 1 aromatic heterocycles. The Labute approximate surface area is 153 Å². The van der Waals surface area contributed by atoms with Crippen molar-refractivity contribution in [2.24, 2.45) is 0 Å². The van der Waals surface area contributed by atoms with Gasteiger partial charge in [-0.15, -0.1) is 0 Å². The van der Waals surface area contributed by atoms with Gasteiger partial charge in [0.15, 0.2) is 0 Å². The number of aromatic nitrogens is 2. The fourth-order valence-corrected chi connectivity index (χ4v) is 3.46. The van der Waals surface area contributed by atoms with Gasteiger partial charge < -0.3 is 19.9 Å². The van der Waals surface area contributed by atoms with Crippen LogP contribution >= 0.6 is 0 Å². The van der Waals surface area contributed by atoms with Gasteiger partial charge >= 0.3 is 6.09 Å². The van der Waals surface area contributed by atoms with Crippen LogP contribution in [0.25, 0.3) is 0 Å². The van der Waals surface area contributed by atoms with Gasteiger partial charge in [-0.2, -0.15) is 0 Å². The number of carbonyl (C=O) groups is 2. The average molecular weight is 361 g/mol. The third kappa shape index (κ3) is 4.42. The molecule has 2 aliphatic rings. The van der Waals surface area contributed by atoms with Gasteiger partial charge in [0.1, 0.15) is 5.69 Å². The molecule has 1 saturated heterocycles. The van der Waals surface area contributed by atoms with E-state index in [0.29, 0.717) is 50.5 Å². The Morgan fingerprint density at radius 1 is 1.15 bits per heavy atom. The Bertz CT molecular complexity index is 652. The predicted octanol–water partition coefficient (Wildman–Crippen LogP) is 2.05. The summed E-state index contributed by atoms with van der Waals surface area (Å²) in [7, 11) is 0. The van der Waals surface area contributed by atoms with Crippen LogP contribution in [0.5, 0.6) is 0 Å². The molecule has 2 heterocycles. The molecular formula is C18H27N5O3. The topological polar surface area (TPSA) is 87.7 Å². The third-order valence-corrected chi connectivity index (χ3v) is 4.85. The molecule has 0 spiro atoms. The van der Waals surface area contributed by atoms with E-state index in [-0.39, 0.29) is 12.0 Å². The van der Waals surface area contributed by atoms with Gasteiger partial charge in [-0.25, -0.2) is 14.8 Å². The molecule has 1 N–H and O–H groups in total. The van der Waals surface area contributed by atoms with Crippen molar-refractivity contribution >= 4 is 17.9 Å². The molecule has 1 saturated carbocycles. The molecule has 26 heavy (non-hydrogen) atoms. The summed E-state index contributed by atoms with van der Waals surface area (Å²) in [6.45, 7) is 5.92. The van der Waals surface area contributed by atoms with Crippen molar-refractivity contribution in [2.75, 3.05) is 38.1 Å². The van der Waals surface area contributed by atoms with E-state index in [0.717, 1.165) is 18.5 Å². The summed E-state index contributed by atoms with van der Waals surface area (Å²) in [6, 6.07) is 2.12. The summed E-state index contributed by atoms with van der Waals surface area (Å²) in [6.07, 6.45) is 4.37. The first-order valence-electron chi connectivity index (χ1n) is 9.40. The molecule has 1 aliphatic heterocycles. The molecule has 0 radical (unpaired) electrons. The maximum Gasteiger partial charge on any atom is 0.409 e. The zero-order valence-electron chi connectivity index (χ0n) is 15.5. The summed E-state index contributed by atoms with van der Waals surface area (Å²) in [5.41, 5.74) is 1.18. The summed E-state index contributed by atoms with van der Waals surface area (Å²) >= 11 is 0. The Morgan fingerprint density at radius 2 is 1.81 bits per heavy atom. The standard InChI is InChI=1S/C18H27N5O3/c1-3-26-18(25)23-10-8-22(9-11-23)16(24)15-12-13(2)19-17(21-15)20-14-6-4-5-7-14/h12,14H,3-11H2,1-2H3,(H,19,20,21). The summed E-state index contributed by atoms with van der Waals surface area (Å²) < 4.78 is 5.01. The van der Waals surface area contributed by atoms with E-state index in [2.05, 4.69) is 15.3 Å². The monoisotopic (exact) mass is 361 g/mol. The number of anilines is 1. The number of nitrogens with zero attached hydrogens (tertiary/aromatic N) is 4. The second-order valence-corrected chi connectivity index (χ2v) is 6.82. The van der Waals surface area contributed by atoms with E-state index < -0.39 is 0 Å². The normalized spacial score (nSPS) is 18.1. The largest absolute Gasteiger partial charge is 0.450 e. The highest BCUT2D eigenvalue weighted by Gasteiger charge is 2.27. The number of rotatable bonds is 4. The van der Waals surface area contributed by atoms with Crippen LogP contribution in [-0.2, 0) is 4.74 Å². The molecule has 0 aromatic carbocycles. The second-order valence-electron chi connectivity index (χ2n) is 6.82. The molecule has 0 unspecified atom stereocenters. The third-order valence-electron chi connectivity index (χ3n) is 4.85. The van der Waals surface area contributed by atoms with E-state index in [1.807, 2.05) is 6.92 Å². The number of hydrogen-bond donors (Lipinski definition) is 1. The highest BCUT2D eigenvalue weighted by molar-refractivity contribution is 5.92. The Morgan fingerprint density at radius 3 is 2.46 bits per heavy atom. The van der Waals surface area contributed by atoms with Gasteiger partial charge in [0.25, 0.3) is 5.91 Å². The molecule has 142 valence electrons. The molecule has 0 atom stereocenters. The molecule has 8 heteroatoms. The van der Waals surface area contributed by atoms with Crippen LogP contribution in [0.2, 0.25) is 0 Å². The van der Waals surface area contributed by atoms with Gasteiger partial charge in [0.05, 0.1) is 6.61 Å². The lowest BCUT2D eigenvalue weighted by Gasteiger charge is -2.33. The number of aryl methyl sites for hydroxylation is 1. The first-order valence-corrected chi connectivity index (χ1v) is 9.40. The smallest absolute Gasteiger partial charge is 0.409 e. The minimum absolute atomic E-state index is 0.117. The van der Waals surface area contributed by atoms with E-state index >= 15 is 0 Å². The van der Waals surface area contributed by atoms with Crippen LogP contribution in [0.4, 0.5) is 10.7 Å². The van der Waals surface area contributed by atoms with Gasteiger partial charge in [0, 0.05) is 37.9 Å². The van der Waals surface area contributed by atoms with E-state index in [9.17, 15) is 9.59 Å². The van der Waals surface area contributed by atoms with Crippen molar-refractivity contribution in [3.8, 4) is 0 Å². The molecule has 0 bridgehead atoms. The van der Waals surface area contributed by atoms with E-state index in [1.165, 1.54) is 12.8 Å². The van der Waals surface area contributed by atoms with Crippen LogP contribution in [0.1, 0.15) is 48.8 Å². The highest BCUT2D eigenvalue weighted by atomic mass is 16.6. The lowest BCUT2D eigenvalue weighted by molar-refractivity contribution is 0.0566. The molecule has 3 rings (SSSR count). The molecule has 2 amide bonds. The van der Waals surface area contributed by atoms with Crippen LogP contribution in [0, 0.1) is 6.92 Å². The van der Waals surface area contributed by atoms with Gasteiger partial charge in [-0.1, -0.05) is 12.8 Å². The SMILES string of the molecule is CCOC(=O)N1CCN(C(=O)c2cc(C)nc(NC3CCCC3)n2)CC1. The number of nitrogens with one attached hydrogen (secondary N) is 1. The van der Waals surface area contributed by atoms with Crippen molar-refractivity contribution in [2.45, 2.75) is 45.6 Å². The molecular weight excluding hydrogens is 334 g/mol. The van der Waals surface area contributed by atoms with Gasteiger partial charge in [0.2, 0.25) is 5.95 Å². The Balaban J connectivity index is 1.62. The van der Waals surface area contributed by atoms with Crippen molar-refractivity contribution in [3.05, 3.63) is 17.5 Å². The second kappa shape index (κ2) is 8.33. The van der Waals surface area contributed by atoms with Crippen molar-refractivity contribution in [3.63, 3.8) is 0 Å². The van der Waals surface area contributed by atoms with Crippen LogP contribution in [0.3, 0.4) is 0 Å². The van der Waals surface area contributed by atoms with Crippen molar-refractivity contribution in [1.82, 2.24) is 19.8 Å². The average Bonchev–Trinajstić information content (AvgIpc) is 3.14. The van der Waals surface area contributed by atoms with Crippen LogP contribution in [0.15, 0.2) is 6.07 Å². The summed E-state index contributed by atoms with van der Waals surface area (Å²) in [5, 5.41) is 3.35. The number of carbonyl (C=O) groups excluding carboxylic acids is 2. The van der Waals surface area contributed by atoms with E-state index in [4.69, 9.17) is 4.74 Å². The summed E-state index contributed by atoms with van der Waals surface area (Å²) in [5.74, 6) is 0.416. The highest BCUT2D eigenvalue weighted by Crippen LogP contribution is 2.21. The minimum Gasteiger partial charge on any atom is -0.450 e. The van der Waals surface area contributed by atoms with Crippen molar-refractivity contribution in [1.29, 1.82) is 0 Å². The number of amides is 2. The molecule has 1 aliphatic carbocycles. The van der Waals surface area contributed by atoms with E-state index in [1.54, 1.807) is 22.8 Å². The minimum atomic E-state index is -0.319. The number of hydrogen-bond acceptors (Lipinski definition) is 6. The lowest BCUT2D eigenvalue weighted by atomic mass is 10.2. The first-order chi connectivity index (χ1) is 12.6. The fraction of sp³-hybridized carbons (Fsp3) is 0.667. The lowest BCUT2D eigenvalue weighted by Crippen LogP contribution is -2.50. The zero-order chi connectivity index (χ0) is 18.5. The molecule has 8 nitrogen and oxygen atoms in total. The quantitative estimate of drug-likeness (QED) is 0.883. The first kappa shape index (κ1) is 18.4.